The van der Waals surface area contributed by atoms with Crippen LogP contribution in [0.25, 0.3) is 0 Å². The molecule has 1 aliphatic carbocycles. The number of thioether (sulfide) groups is 1. The number of anilines is 2. The van der Waals surface area contributed by atoms with Crippen LogP contribution in [0.2, 0.25) is 0 Å². The first-order chi connectivity index (χ1) is 7.20. The summed E-state index contributed by atoms with van der Waals surface area (Å²) in [4.78, 5) is 13.0. The average Bonchev–Trinajstić information content (AvgIpc) is 2.98. The van der Waals surface area contributed by atoms with Crippen molar-refractivity contribution >= 4 is 29.0 Å². The summed E-state index contributed by atoms with van der Waals surface area (Å²) >= 11 is 1.75. The van der Waals surface area contributed by atoms with E-state index in [9.17, 15) is 4.79 Å². The van der Waals surface area contributed by atoms with Crippen LogP contribution in [-0.4, -0.2) is 11.7 Å². The van der Waals surface area contributed by atoms with Crippen molar-refractivity contribution in [3.63, 3.8) is 0 Å². The van der Waals surface area contributed by atoms with Gasteiger partial charge in [-0.3, -0.25) is 4.79 Å². The molecule has 0 radical (unpaired) electrons. The molecule has 1 aliphatic heterocycles. The Morgan fingerprint density at radius 1 is 1.40 bits per heavy atom. The second kappa shape index (κ2) is 2.92. The SMILES string of the molecule is Nc1ccc2c(c1)NC(=O)C1(CC1)CS2. The number of nitrogens with two attached hydrogens (primary N) is 1. The third-order valence-electron chi connectivity index (χ3n) is 3.09. The van der Waals surface area contributed by atoms with Crippen molar-refractivity contribution in [3.8, 4) is 0 Å². The number of fused-ring (bicyclic) bond motifs is 1. The van der Waals surface area contributed by atoms with Crippen LogP contribution < -0.4 is 11.1 Å². The maximum atomic E-state index is 11.9. The lowest BCUT2D eigenvalue weighted by molar-refractivity contribution is -0.120. The van der Waals surface area contributed by atoms with Gasteiger partial charge in [0.25, 0.3) is 0 Å². The fraction of sp³-hybridized carbons (Fsp3) is 0.364. The summed E-state index contributed by atoms with van der Waals surface area (Å²) in [6.45, 7) is 0. The quantitative estimate of drug-likeness (QED) is 0.658. The molecule has 1 aromatic carbocycles. The molecular weight excluding hydrogens is 208 g/mol. The number of carbonyl (C=O) groups excluding carboxylic acids is 1. The number of hydrogen-bond donors (Lipinski definition) is 2. The van der Waals surface area contributed by atoms with Gasteiger partial charge in [-0.2, -0.15) is 0 Å². The summed E-state index contributed by atoms with van der Waals surface area (Å²) in [6.07, 6.45) is 2.05. The van der Waals surface area contributed by atoms with Gasteiger partial charge in [-0.05, 0) is 31.0 Å². The molecule has 1 heterocycles. The number of rotatable bonds is 0. The molecule has 2 aliphatic rings. The van der Waals surface area contributed by atoms with Gasteiger partial charge in [-0.15, -0.1) is 11.8 Å². The summed E-state index contributed by atoms with van der Waals surface area (Å²) in [7, 11) is 0. The lowest BCUT2D eigenvalue weighted by Gasteiger charge is -2.08. The fourth-order valence-electron chi connectivity index (χ4n) is 1.83. The maximum Gasteiger partial charge on any atom is 0.231 e. The normalized spacial score (nSPS) is 21.7. The van der Waals surface area contributed by atoms with Crippen LogP contribution >= 0.6 is 11.8 Å². The second-order valence-corrected chi connectivity index (χ2v) is 5.30. The standard InChI is InChI=1S/C11H12N2OS/c12-7-1-2-9-8(5-7)13-10(14)11(3-4-11)6-15-9/h1-2,5H,3-4,6,12H2,(H,13,14). The van der Waals surface area contributed by atoms with E-state index in [0.717, 1.165) is 29.2 Å². The van der Waals surface area contributed by atoms with E-state index in [1.165, 1.54) is 0 Å². The molecule has 15 heavy (non-hydrogen) atoms. The zero-order valence-electron chi connectivity index (χ0n) is 8.25. The molecule has 3 rings (SSSR count). The van der Waals surface area contributed by atoms with Gasteiger partial charge in [0.05, 0.1) is 11.1 Å². The smallest absolute Gasteiger partial charge is 0.231 e. The summed E-state index contributed by atoms with van der Waals surface area (Å²) < 4.78 is 0. The van der Waals surface area contributed by atoms with Crippen molar-refractivity contribution in [1.82, 2.24) is 0 Å². The molecule has 3 nitrogen and oxygen atoms in total. The van der Waals surface area contributed by atoms with Gasteiger partial charge < -0.3 is 11.1 Å². The molecular formula is C11H12N2OS. The summed E-state index contributed by atoms with van der Waals surface area (Å²) in [5.41, 5.74) is 7.18. The van der Waals surface area contributed by atoms with Gasteiger partial charge in [0.1, 0.15) is 0 Å². The van der Waals surface area contributed by atoms with E-state index >= 15 is 0 Å². The van der Waals surface area contributed by atoms with Gasteiger partial charge in [0.2, 0.25) is 5.91 Å². The second-order valence-electron chi connectivity index (χ2n) is 4.28. The first kappa shape index (κ1) is 9.09. The highest BCUT2D eigenvalue weighted by atomic mass is 32.2. The number of hydrogen-bond acceptors (Lipinski definition) is 3. The molecule has 4 heteroatoms. The van der Waals surface area contributed by atoms with Crippen LogP contribution in [0.4, 0.5) is 11.4 Å². The van der Waals surface area contributed by atoms with E-state index in [2.05, 4.69) is 5.32 Å². The van der Waals surface area contributed by atoms with Crippen molar-refractivity contribution in [2.75, 3.05) is 16.8 Å². The lowest BCUT2D eigenvalue weighted by Crippen LogP contribution is -2.24. The van der Waals surface area contributed by atoms with Gasteiger partial charge in [-0.25, -0.2) is 0 Å². The first-order valence-electron chi connectivity index (χ1n) is 5.03. The third-order valence-corrected chi connectivity index (χ3v) is 4.45. The number of nitrogens with one attached hydrogen (secondary N) is 1. The monoisotopic (exact) mass is 220 g/mol. The maximum absolute atomic E-state index is 11.9. The molecule has 1 fully saturated rings. The van der Waals surface area contributed by atoms with Gasteiger partial charge in [-0.1, -0.05) is 0 Å². The Morgan fingerprint density at radius 3 is 2.93 bits per heavy atom. The largest absolute Gasteiger partial charge is 0.399 e. The molecule has 0 saturated heterocycles. The molecule has 3 N–H and O–H groups in total. The predicted octanol–water partition coefficient (Wildman–Crippen LogP) is 2.09. The summed E-state index contributed by atoms with van der Waals surface area (Å²) in [5.74, 6) is 1.06. The molecule has 1 amide bonds. The molecule has 0 bridgehead atoms. The number of benzene rings is 1. The topological polar surface area (TPSA) is 55.1 Å². The average molecular weight is 220 g/mol. The first-order valence-corrected chi connectivity index (χ1v) is 6.02. The molecule has 1 spiro atoms. The van der Waals surface area contributed by atoms with E-state index in [-0.39, 0.29) is 11.3 Å². The van der Waals surface area contributed by atoms with E-state index < -0.39 is 0 Å². The van der Waals surface area contributed by atoms with E-state index in [1.807, 2.05) is 18.2 Å². The van der Waals surface area contributed by atoms with E-state index in [0.29, 0.717) is 5.69 Å². The van der Waals surface area contributed by atoms with Crippen LogP contribution in [0.15, 0.2) is 23.1 Å². The van der Waals surface area contributed by atoms with Crippen LogP contribution in [0.5, 0.6) is 0 Å². The Bertz CT molecular complexity index is 440. The molecule has 0 aromatic heterocycles. The zero-order chi connectivity index (χ0) is 10.5. The Kier molecular flexibility index (Phi) is 1.77. The van der Waals surface area contributed by atoms with Gasteiger partial charge >= 0.3 is 0 Å². The van der Waals surface area contributed by atoms with Crippen molar-refractivity contribution in [3.05, 3.63) is 18.2 Å². The van der Waals surface area contributed by atoms with E-state index in [1.54, 1.807) is 11.8 Å². The number of carbonyl (C=O) groups is 1. The van der Waals surface area contributed by atoms with Crippen LogP contribution in [-0.2, 0) is 4.79 Å². The van der Waals surface area contributed by atoms with Crippen LogP contribution in [0, 0.1) is 5.41 Å². The van der Waals surface area contributed by atoms with Gasteiger partial charge in [0, 0.05) is 16.3 Å². The highest BCUT2D eigenvalue weighted by molar-refractivity contribution is 7.99. The zero-order valence-corrected chi connectivity index (χ0v) is 9.06. The van der Waals surface area contributed by atoms with Crippen molar-refractivity contribution in [2.24, 2.45) is 5.41 Å². The lowest BCUT2D eigenvalue weighted by atomic mass is 10.1. The van der Waals surface area contributed by atoms with Crippen LogP contribution in [0.3, 0.4) is 0 Å². The number of nitrogen functional groups attached to an aromatic ring is 1. The fourth-order valence-corrected chi connectivity index (χ4v) is 3.11. The summed E-state index contributed by atoms with van der Waals surface area (Å²) in [6, 6.07) is 5.70. The minimum absolute atomic E-state index is 0.0849. The molecule has 1 saturated carbocycles. The Morgan fingerprint density at radius 2 is 2.20 bits per heavy atom. The Labute approximate surface area is 92.4 Å². The third kappa shape index (κ3) is 1.40. The molecule has 1 aromatic rings. The molecule has 78 valence electrons. The highest BCUT2D eigenvalue weighted by Crippen LogP contribution is 2.52. The van der Waals surface area contributed by atoms with Gasteiger partial charge in [0.15, 0.2) is 0 Å². The minimum Gasteiger partial charge on any atom is -0.399 e. The molecule has 0 unspecified atom stereocenters. The minimum atomic E-state index is -0.0849. The highest BCUT2D eigenvalue weighted by Gasteiger charge is 2.50. The predicted molar refractivity (Wildman–Crippen MR) is 61.9 cm³/mol. The Balaban J connectivity index is 2.00. The van der Waals surface area contributed by atoms with Crippen molar-refractivity contribution in [1.29, 1.82) is 0 Å². The van der Waals surface area contributed by atoms with E-state index in [4.69, 9.17) is 5.73 Å². The van der Waals surface area contributed by atoms with Crippen LogP contribution in [0.1, 0.15) is 12.8 Å². The Hall–Kier alpha value is -1.16. The summed E-state index contributed by atoms with van der Waals surface area (Å²) in [5, 5.41) is 2.98. The molecule has 0 atom stereocenters. The van der Waals surface area contributed by atoms with Crippen molar-refractivity contribution < 1.29 is 4.79 Å². The van der Waals surface area contributed by atoms with Crippen molar-refractivity contribution in [2.45, 2.75) is 17.7 Å². The number of amides is 1.